The molecule has 1 fully saturated rings. The topological polar surface area (TPSA) is 71.1 Å². The lowest BCUT2D eigenvalue weighted by Gasteiger charge is -2.32. The van der Waals surface area contributed by atoms with E-state index in [1.807, 2.05) is 26.8 Å². The number of aromatic nitrogens is 3. The van der Waals surface area contributed by atoms with Crippen LogP contribution in [0.5, 0.6) is 0 Å². The fourth-order valence-corrected chi connectivity index (χ4v) is 3.08. The molecule has 6 nitrogen and oxygen atoms in total. The van der Waals surface area contributed by atoms with Gasteiger partial charge in [-0.2, -0.15) is 0 Å². The van der Waals surface area contributed by atoms with Gasteiger partial charge in [0.15, 0.2) is 5.65 Å². The van der Waals surface area contributed by atoms with Crippen LogP contribution in [0.4, 0.5) is 4.79 Å². The smallest absolute Gasteiger partial charge is 0.410 e. The molecule has 1 saturated heterocycles. The van der Waals surface area contributed by atoms with Gasteiger partial charge in [-0.15, -0.1) is 0 Å². The van der Waals surface area contributed by atoms with Crippen LogP contribution in [0.1, 0.15) is 45.4 Å². The Bertz CT molecular complexity index is 714. The summed E-state index contributed by atoms with van der Waals surface area (Å²) in [5, 5.41) is 0. The number of nitrogens with zero attached hydrogens (tertiary/aromatic N) is 3. The van der Waals surface area contributed by atoms with Gasteiger partial charge in [-0.05, 0) is 55.6 Å². The van der Waals surface area contributed by atoms with E-state index in [1.54, 1.807) is 11.1 Å². The van der Waals surface area contributed by atoms with Crippen molar-refractivity contribution in [1.29, 1.82) is 0 Å². The Morgan fingerprint density at radius 3 is 2.74 bits per heavy atom. The lowest BCUT2D eigenvalue weighted by atomic mass is 9.96. The van der Waals surface area contributed by atoms with Crippen LogP contribution in [0, 0.1) is 0 Å². The second-order valence-electron chi connectivity index (χ2n) is 6.89. The third-order valence-corrected chi connectivity index (χ3v) is 4.29. The molecule has 0 aliphatic carbocycles. The number of H-pyrrole nitrogens is 1. The first-order chi connectivity index (χ1) is 10.8. The number of piperidine rings is 1. The second kappa shape index (κ2) is 6.11. The Morgan fingerprint density at radius 2 is 2.09 bits per heavy atom. The Labute approximate surface area is 143 Å². The maximum absolute atomic E-state index is 12.1. The predicted octanol–water partition coefficient (Wildman–Crippen LogP) is 3.83. The zero-order valence-corrected chi connectivity index (χ0v) is 15.2. The molecule has 2 aromatic heterocycles. The van der Waals surface area contributed by atoms with Gasteiger partial charge in [-0.3, -0.25) is 0 Å². The molecule has 0 atom stereocenters. The number of carbonyl (C=O) groups excluding carboxylic acids is 1. The van der Waals surface area contributed by atoms with Crippen LogP contribution in [0.2, 0.25) is 0 Å². The van der Waals surface area contributed by atoms with E-state index < -0.39 is 5.60 Å². The number of fused-ring (bicyclic) bond motifs is 1. The van der Waals surface area contributed by atoms with Crippen LogP contribution in [-0.4, -0.2) is 44.6 Å². The Hall–Kier alpha value is -1.63. The van der Waals surface area contributed by atoms with Crippen LogP contribution in [0.15, 0.2) is 16.7 Å². The van der Waals surface area contributed by atoms with Crippen molar-refractivity contribution < 1.29 is 9.53 Å². The van der Waals surface area contributed by atoms with E-state index in [2.05, 4.69) is 30.9 Å². The Kier molecular flexibility index (Phi) is 4.31. The summed E-state index contributed by atoms with van der Waals surface area (Å²) in [6.07, 6.45) is 3.27. The van der Waals surface area contributed by atoms with Crippen LogP contribution >= 0.6 is 15.9 Å². The number of imidazole rings is 1. The third-order valence-electron chi connectivity index (χ3n) is 3.86. The van der Waals surface area contributed by atoms with E-state index in [-0.39, 0.29) is 6.09 Å². The van der Waals surface area contributed by atoms with Crippen molar-refractivity contribution in [3.05, 3.63) is 22.6 Å². The number of amides is 1. The number of pyridine rings is 1. The number of halogens is 1. The van der Waals surface area contributed by atoms with Crippen LogP contribution < -0.4 is 0 Å². The van der Waals surface area contributed by atoms with E-state index in [1.165, 1.54) is 0 Å². The first-order valence-electron chi connectivity index (χ1n) is 7.81. The minimum absolute atomic E-state index is 0.230. The predicted molar refractivity (Wildman–Crippen MR) is 91.4 cm³/mol. The molecule has 1 aliphatic rings. The SMILES string of the molecule is CC(C)(C)OC(=O)N1CCC(c2nc3ncc(Br)cc3[nH]2)CC1. The van der Waals surface area contributed by atoms with Crippen LogP contribution in [0.3, 0.4) is 0 Å². The maximum Gasteiger partial charge on any atom is 0.410 e. The zero-order valence-electron chi connectivity index (χ0n) is 13.6. The van der Waals surface area contributed by atoms with Gasteiger partial charge in [0.05, 0.1) is 5.52 Å². The first kappa shape index (κ1) is 16.2. The fraction of sp³-hybridized carbons (Fsp3) is 0.562. The summed E-state index contributed by atoms with van der Waals surface area (Å²) in [4.78, 5) is 26.1. The molecule has 0 unspecified atom stereocenters. The number of likely N-dealkylation sites (tertiary alicyclic amines) is 1. The highest BCUT2D eigenvalue weighted by atomic mass is 79.9. The van der Waals surface area contributed by atoms with Crippen LogP contribution in [-0.2, 0) is 4.74 Å². The molecule has 0 aromatic carbocycles. The molecule has 0 spiro atoms. The molecule has 124 valence electrons. The number of aromatic amines is 1. The van der Waals surface area contributed by atoms with E-state index >= 15 is 0 Å². The minimum Gasteiger partial charge on any atom is -0.444 e. The number of carbonyl (C=O) groups is 1. The van der Waals surface area contributed by atoms with E-state index in [0.717, 1.165) is 34.3 Å². The normalized spacial score (nSPS) is 16.8. The van der Waals surface area contributed by atoms with Crippen molar-refractivity contribution in [3.63, 3.8) is 0 Å². The molecule has 0 saturated carbocycles. The third kappa shape index (κ3) is 3.83. The summed E-state index contributed by atoms with van der Waals surface area (Å²) >= 11 is 3.42. The van der Waals surface area contributed by atoms with Gasteiger partial charge in [0.2, 0.25) is 0 Å². The molecule has 2 aromatic rings. The molecule has 23 heavy (non-hydrogen) atoms. The number of rotatable bonds is 1. The lowest BCUT2D eigenvalue weighted by molar-refractivity contribution is 0.0203. The number of nitrogens with one attached hydrogen (secondary N) is 1. The molecule has 7 heteroatoms. The standard InChI is InChI=1S/C16H21BrN4O2/c1-16(2,3)23-15(22)21-6-4-10(5-7-21)13-19-12-8-11(17)9-18-14(12)20-13/h8-10H,4-7H2,1-3H3,(H,18,19,20). The van der Waals surface area contributed by atoms with Gasteiger partial charge in [-0.25, -0.2) is 14.8 Å². The highest BCUT2D eigenvalue weighted by Gasteiger charge is 2.28. The Morgan fingerprint density at radius 1 is 1.39 bits per heavy atom. The Balaban J connectivity index is 1.65. The van der Waals surface area contributed by atoms with Crippen molar-refractivity contribution in [2.24, 2.45) is 0 Å². The summed E-state index contributed by atoms with van der Waals surface area (Å²) in [5.41, 5.74) is 1.22. The second-order valence-corrected chi connectivity index (χ2v) is 7.80. The van der Waals surface area contributed by atoms with Gasteiger partial charge in [0, 0.05) is 29.7 Å². The van der Waals surface area contributed by atoms with Crippen molar-refractivity contribution in [2.45, 2.75) is 45.1 Å². The highest BCUT2D eigenvalue weighted by Crippen LogP contribution is 2.28. The summed E-state index contributed by atoms with van der Waals surface area (Å²) in [6, 6.07) is 1.98. The average molecular weight is 381 g/mol. The van der Waals surface area contributed by atoms with Gasteiger partial charge in [0.25, 0.3) is 0 Å². The van der Waals surface area contributed by atoms with Crippen molar-refractivity contribution >= 4 is 33.2 Å². The van der Waals surface area contributed by atoms with Crippen molar-refractivity contribution in [3.8, 4) is 0 Å². The van der Waals surface area contributed by atoms with Gasteiger partial charge < -0.3 is 14.6 Å². The number of ether oxygens (including phenoxy) is 1. The van der Waals surface area contributed by atoms with Gasteiger partial charge >= 0.3 is 6.09 Å². The highest BCUT2D eigenvalue weighted by molar-refractivity contribution is 9.10. The first-order valence-corrected chi connectivity index (χ1v) is 8.60. The molecule has 0 bridgehead atoms. The molecule has 3 heterocycles. The average Bonchev–Trinajstić information content (AvgIpc) is 2.88. The monoisotopic (exact) mass is 380 g/mol. The van der Waals surface area contributed by atoms with E-state index in [4.69, 9.17) is 4.74 Å². The largest absolute Gasteiger partial charge is 0.444 e. The van der Waals surface area contributed by atoms with Crippen molar-refractivity contribution in [2.75, 3.05) is 13.1 Å². The molecular weight excluding hydrogens is 360 g/mol. The fourth-order valence-electron chi connectivity index (χ4n) is 2.75. The van der Waals surface area contributed by atoms with E-state index in [9.17, 15) is 4.79 Å². The lowest BCUT2D eigenvalue weighted by Crippen LogP contribution is -2.41. The number of hydrogen-bond acceptors (Lipinski definition) is 4. The quantitative estimate of drug-likeness (QED) is 0.815. The summed E-state index contributed by atoms with van der Waals surface area (Å²) < 4.78 is 6.36. The maximum atomic E-state index is 12.1. The minimum atomic E-state index is -0.453. The molecule has 1 aliphatic heterocycles. The molecule has 0 radical (unpaired) electrons. The molecule has 3 rings (SSSR count). The van der Waals surface area contributed by atoms with Crippen LogP contribution in [0.25, 0.3) is 11.2 Å². The molecule has 1 amide bonds. The molecule has 1 N–H and O–H groups in total. The summed E-state index contributed by atoms with van der Waals surface area (Å²) in [6.45, 7) is 7.03. The zero-order chi connectivity index (χ0) is 16.6. The molecular formula is C16H21BrN4O2. The van der Waals surface area contributed by atoms with E-state index in [0.29, 0.717) is 19.0 Å². The summed E-state index contributed by atoms with van der Waals surface area (Å²) in [7, 11) is 0. The van der Waals surface area contributed by atoms with Gasteiger partial charge in [-0.1, -0.05) is 0 Å². The summed E-state index contributed by atoms with van der Waals surface area (Å²) in [5.74, 6) is 1.27. The van der Waals surface area contributed by atoms with Crippen molar-refractivity contribution in [1.82, 2.24) is 19.9 Å². The van der Waals surface area contributed by atoms with Gasteiger partial charge in [0.1, 0.15) is 11.4 Å². The number of hydrogen-bond donors (Lipinski definition) is 1.